The Kier molecular flexibility index (Phi) is 1.82. The average molecular weight is 174 g/mol. The molecule has 4 heteroatoms. The summed E-state index contributed by atoms with van der Waals surface area (Å²) in [7, 11) is 0. The number of amidine groups is 1. The number of rotatable bonds is 0. The molecular formula is C6H10N2S2. The van der Waals surface area contributed by atoms with E-state index < -0.39 is 0 Å². The molecule has 2 aliphatic heterocycles. The molecule has 0 bridgehead atoms. The molecule has 56 valence electrons. The van der Waals surface area contributed by atoms with Crippen molar-refractivity contribution in [3.63, 3.8) is 0 Å². The van der Waals surface area contributed by atoms with Gasteiger partial charge in [-0.05, 0) is 18.6 Å². The zero-order valence-corrected chi connectivity index (χ0v) is 7.25. The summed E-state index contributed by atoms with van der Waals surface area (Å²) in [4.78, 5) is 4.35. The van der Waals surface area contributed by atoms with E-state index in [0.29, 0.717) is 10.6 Å². The van der Waals surface area contributed by atoms with Crippen molar-refractivity contribution in [1.29, 1.82) is 0 Å². The molecule has 0 aliphatic carbocycles. The van der Waals surface area contributed by atoms with E-state index in [-0.39, 0.29) is 0 Å². The van der Waals surface area contributed by atoms with E-state index in [1.54, 1.807) is 11.8 Å². The Hall–Kier alpha value is 0.170. The molecule has 0 unspecified atom stereocenters. The summed E-state index contributed by atoms with van der Waals surface area (Å²) in [5.41, 5.74) is 5.59. The van der Waals surface area contributed by atoms with Crippen molar-refractivity contribution in [3.05, 3.63) is 0 Å². The minimum atomic E-state index is 0.531. The second-order valence-corrected chi connectivity index (χ2v) is 5.24. The summed E-state index contributed by atoms with van der Waals surface area (Å²) in [6.45, 7) is 0. The number of aliphatic imine (C=N–C) groups is 1. The van der Waals surface area contributed by atoms with Crippen molar-refractivity contribution in [2.24, 2.45) is 10.7 Å². The number of nitrogens with zero attached hydrogens (tertiary/aromatic N) is 1. The van der Waals surface area contributed by atoms with E-state index in [9.17, 15) is 0 Å². The fraction of sp³-hybridized carbons (Fsp3) is 0.833. The summed E-state index contributed by atoms with van der Waals surface area (Å²) in [5, 5.41) is 0.796. The molecule has 0 spiro atoms. The smallest absolute Gasteiger partial charge is 0.155 e. The van der Waals surface area contributed by atoms with Crippen LogP contribution in [0.4, 0.5) is 0 Å². The quantitative estimate of drug-likeness (QED) is 0.601. The van der Waals surface area contributed by atoms with Crippen molar-refractivity contribution in [1.82, 2.24) is 0 Å². The fourth-order valence-electron chi connectivity index (χ4n) is 1.29. The topological polar surface area (TPSA) is 38.4 Å². The molecule has 2 N–H and O–H groups in total. The van der Waals surface area contributed by atoms with Crippen LogP contribution in [0.15, 0.2) is 4.99 Å². The second kappa shape index (κ2) is 2.66. The van der Waals surface area contributed by atoms with Crippen molar-refractivity contribution < 1.29 is 0 Å². The number of fused-ring (bicyclic) bond motifs is 1. The predicted octanol–water partition coefficient (Wildman–Crippen LogP) is 1.27. The van der Waals surface area contributed by atoms with Crippen LogP contribution >= 0.6 is 23.5 Å². The lowest BCUT2D eigenvalue weighted by Gasteiger charge is -2.20. The lowest BCUT2D eigenvalue weighted by molar-refractivity contribution is 0.641. The van der Waals surface area contributed by atoms with Crippen molar-refractivity contribution in [2.75, 3.05) is 5.75 Å². The standard InChI is InChI=1S/C6H10N2S2/c7-6-8-4-2-1-3-9-5(4)10-6/h4-5H,1-3H2,(H2,7,8)/t4-,5-/m1/s1. The van der Waals surface area contributed by atoms with Gasteiger partial charge in [0.05, 0.1) is 10.6 Å². The van der Waals surface area contributed by atoms with Crippen LogP contribution in [0.1, 0.15) is 12.8 Å². The molecule has 0 saturated carbocycles. The molecule has 1 saturated heterocycles. The van der Waals surface area contributed by atoms with Gasteiger partial charge < -0.3 is 5.73 Å². The molecular weight excluding hydrogens is 164 g/mol. The molecule has 2 aliphatic rings. The normalized spacial score (nSPS) is 39.0. The third-order valence-corrected chi connectivity index (χ3v) is 4.53. The Morgan fingerprint density at radius 3 is 3.30 bits per heavy atom. The van der Waals surface area contributed by atoms with Crippen LogP contribution in [-0.4, -0.2) is 21.5 Å². The molecule has 1 fully saturated rings. The van der Waals surface area contributed by atoms with Gasteiger partial charge in [0, 0.05) is 0 Å². The van der Waals surface area contributed by atoms with Crippen molar-refractivity contribution in [2.45, 2.75) is 23.5 Å². The minimum Gasteiger partial charge on any atom is -0.378 e. The Morgan fingerprint density at radius 2 is 2.50 bits per heavy atom. The third kappa shape index (κ3) is 1.14. The van der Waals surface area contributed by atoms with Gasteiger partial charge in [-0.15, -0.1) is 11.8 Å². The number of hydrogen-bond acceptors (Lipinski definition) is 4. The molecule has 10 heavy (non-hydrogen) atoms. The largest absolute Gasteiger partial charge is 0.378 e. The molecule has 0 radical (unpaired) electrons. The zero-order valence-electron chi connectivity index (χ0n) is 5.62. The maximum absolute atomic E-state index is 5.59. The lowest BCUT2D eigenvalue weighted by atomic mass is 10.2. The van der Waals surface area contributed by atoms with Gasteiger partial charge in [-0.2, -0.15) is 0 Å². The van der Waals surface area contributed by atoms with E-state index in [2.05, 4.69) is 4.99 Å². The predicted molar refractivity (Wildman–Crippen MR) is 48.5 cm³/mol. The Bertz CT molecular complexity index is 169. The summed E-state index contributed by atoms with van der Waals surface area (Å²) in [5.74, 6) is 1.29. The minimum absolute atomic E-state index is 0.531. The first-order valence-electron chi connectivity index (χ1n) is 3.48. The Balaban J connectivity index is 2.06. The zero-order chi connectivity index (χ0) is 6.97. The lowest BCUT2D eigenvalue weighted by Crippen LogP contribution is -2.19. The maximum atomic E-state index is 5.59. The van der Waals surface area contributed by atoms with Crippen LogP contribution in [0.25, 0.3) is 0 Å². The van der Waals surface area contributed by atoms with Gasteiger partial charge in [-0.3, -0.25) is 4.99 Å². The molecule has 0 aromatic heterocycles. The number of nitrogens with two attached hydrogens (primary N) is 1. The number of hydrogen-bond donors (Lipinski definition) is 1. The van der Waals surface area contributed by atoms with Gasteiger partial charge >= 0.3 is 0 Å². The van der Waals surface area contributed by atoms with Gasteiger partial charge in [-0.25, -0.2) is 0 Å². The summed E-state index contributed by atoms with van der Waals surface area (Å²) < 4.78 is 0.647. The number of thioether (sulfide) groups is 2. The molecule has 2 nitrogen and oxygen atoms in total. The maximum Gasteiger partial charge on any atom is 0.155 e. The van der Waals surface area contributed by atoms with Crippen LogP contribution in [0.5, 0.6) is 0 Å². The molecule has 0 aromatic rings. The highest BCUT2D eigenvalue weighted by Gasteiger charge is 2.31. The highest BCUT2D eigenvalue weighted by atomic mass is 32.2. The first-order chi connectivity index (χ1) is 4.86. The summed E-state index contributed by atoms with van der Waals surface area (Å²) >= 11 is 3.75. The van der Waals surface area contributed by atoms with E-state index >= 15 is 0 Å². The molecule has 0 amide bonds. The Labute approximate surface area is 69.0 Å². The van der Waals surface area contributed by atoms with E-state index in [0.717, 1.165) is 5.17 Å². The Morgan fingerprint density at radius 1 is 1.60 bits per heavy atom. The van der Waals surface area contributed by atoms with Crippen LogP contribution in [0.2, 0.25) is 0 Å². The average Bonchev–Trinajstić information content (AvgIpc) is 2.27. The van der Waals surface area contributed by atoms with Crippen molar-refractivity contribution >= 4 is 28.7 Å². The van der Waals surface area contributed by atoms with Crippen molar-refractivity contribution in [3.8, 4) is 0 Å². The van der Waals surface area contributed by atoms with Gasteiger partial charge in [0.1, 0.15) is 0 Å². The third-order valence-electron chi connectivity index (χ3n) is 1.77. The first kappa shape index (κ1) is 6.85. The van der Waals surface area contributed by atoms with Gasteiger partial charge in [0.15, 0.2) is 5.17 Å². The molecule has 0 aromatic carbocycles. The van der Waals surface area contributed by atoms with Crippen LogP contribution < -0.4 is 5.73 Å². The molecule has 2 rings (SSSR count). The monoisotopic (exact) mass is 174 g/mol. The molecule has 2 atom stereocenters. The fourth-order valence-corrected chi connectivity index (χ4v) is 3.92. The second-order valence-electron chi connectivity index (χ2n) is 2.53. The SMILES string of the molecule is NC1=N[C@@H]2CCCS[C@@H]2S1. The van der Waals surface area contributed by atoms with Crippen LogP contribution in [0, 0.1) is 0 Å². The highest BCUT2D eigenvalue weighted by molar-refractivity contribution is 8.25. The van der Waals surface area contributed by atoms with E-state index in [1.807, 2.05) is 11.8 Å². The van der Waals surface area contributed by atoms with Crippen LogP contribution in [-0.2, 0) is 0 Å². The first-order valence-corrected chi connectivity index (χ1v) is 5.40. The molecule has 2 heterocycles. The summed E-state index contributed by atoms with van der Waals surface area (Å²) in [6.07, 6.45) is 2.55. The van der Waals surface area contributed by atoms with Gasteiger partial charge in [0.2, 0.25) is 0 Å². The summed E-state index contributed by atoms with van der Waals surface area (Å²) in [6, 6.07) is 0.531. The van der Waals surface area contributed by atoms with E-state index in [4.69, 9.17) is 5.73 Å². The van der Waals surface area contributed by atoms with Gasteiger partial charge in [-0.1, -0.05) is 11.8 Å². The van der Waals surface area contributed by atoms with E-state index in [1.165, 1.54) is 18.6 Å². The van der Waals surface area contributed by atoms with Crippen LogP contribution in [0.3, 0.4) is 0 Å². The van der Waals surface area contributed by atoms with Gasteiger partial charge in [0.25, 0.3) is 0 Å². The highest BCUT2D eigenvalue weighted by Crippen LogP contribution is 2.39.